The van der Waals surface area contributed by atoms with Gasteiger partial charge in [0.15, 0.2) is 5.78 Å². The van der Waals surface area contributed by atoms with Crippen LogP contribution >= 0.6 is 15.9 Å². The minimum atomic E-state index is -0.0206. The Kier molecular flexibility index (Phi) is 4.45. The van der Waals surface area contributed by atoms with Gasteiger partial charge in [-0.05, 0) is 42.5 Å². The summed E-state index contributed by atoms with van der Waals surface area (Å²) in [4.78, 5) is 14.7. The van der Waals surface area contributed by atoms with E-state index < -0.39 is 0 Å². The lowest BCUT2D eigenvalue weighted by Gasteiger charge is -2.30. The first-order valence-corrected chi connectivity index (χ1v) is 7.97. The molecule has 0 atom stereocenters. The molecule has 0 bridgehead atoms. The number of hydrogen-bond donors (Lipinski definition) is 1. The van der Waals surface area contributed by atoms with Crippen LogP contribution in [0.3, 0.4) is 0 Å². The van der Waals surface area contributed by atoms with Crippen LogP contribution in [0.5, 0.6) is 0 Å². The molecule has 2 aromatic rings. The maximum Gasteiger partial charge on any atom is 0.193 e. The molecule has 1 fully saturated rings. The number of ketones is 1. The van der Waals surface area contributed by atoms with Gasteiger partial charge in [-0.25, -0.2) is 0 Å². The zero-order valence-corrected chi connectivity index (χ0v) is 13.7. The fraction of sp³-hybridized carbons (Fsp3) is 0.235. The molecule has 0 aromatic heterocycles. The van der Waals surface area contributed by atoms with Gasteiger partial charge in [-0.2, -0.15) is 0 Å². The summed E-state index contributed by atoms with van der Waals surface area (Å²) in [5, 5.41) is 0. The Labute approximate surface area is 138 Å². The third kappa shape index (κ3) is 3.15. The summed E-state index contributed by atoms with van der Waals surface area (Å²) in [7, 11) is 0. The van der Waals surface area contributed by atoms with Crippen LogP contribution in [0.25, 0.3) is 0 Å². The number of anilines is 2. The Bertz CT molecular complexity index is 680. The van der Waals surface area contributed by atoms with Crippen LogP contribution in [0, 0.1) is 0 Å². The molecule has 114 valence electrons. The Morgan fingerprint density at radius 2 is 1.68 bits per heavy atom. The summed E-state index contributed by atoms with van der Waals surface area (Å²) < 4.78 is 6.30. The van der Waals surface area contributed by atoms with E-state index in [1.165, 1.54) is 0 Å². The van der Waals surface area contributed by atoms with Crippen LogP contribution in [0.1, 0.15) is 15.9 Å². The number of halogens is 1. The van der Waals surface area contributed by atoms with Crippen molar-refractivity contribution >= 4 is 33.1 Å². The predicted molar refractivity (Wildman–Crippen MR) is 91.5 cm³/mol. The van der Waals surface area contributed by atoms with E-state index in [1.807, 2.05) is 24.3 Å². The van der Waals surface area contributed by atoms with E-state index in [2.05, 4.69) is 20.8 Å². The molecule has 0 aliphatic carbocycles. The van der Waals surface area contributed by atoms with Crippen molar-refractivity contribution in [2.24, 2.45) is 0 Å². The molecule has 1 aliphatic rings. The number of nitrogens with zero attached hydrogens (tertiary/aromatic N) is 1. The van der Waals surface area contributed by atoms with Crippen molar-refractivity contribution in [3.05, 3.63) is 58.1 Å². The fourth-order valence-electron chi connectivity index (χ4n) is 2.56. The van der Waals surface area contributed by atoms with Crippen LogP contribution in [-0.2, 0) is 4.74 Å². The zero-order valence-electron chi connectivity index (χ0n) is 12.1. The van der Waals surface area contributed by atoms with Crippen LogP contribution in [0.15, 0.2) is 46.9 Å². The highest BCUT2D eigenvalue weighted by Crippen LogP contribution is 2.26. The Balaban J connectivity index is 1.84. The Morgan fingerprint density at radius 3 is 2.32 bits per heavy atom. The van der Waals surface area contributed by atoms with E-state index in [0.29, 0.717) is 30.0 Å². The van der Waals surface area contributed by atoms with Crippen LogP contribution < -0.4 is 10.6 Å². The summed E-state index contributed by atoms with van der Waals surface area (Å²) in [6, 6.07) is 12.8. The average molecular weight is 361 g/mol. The monoisotopic (exact) mass is 360 g/mol. The molecule has 0 radical (unpaired) electrons. The number of rotatable bonds is 3. The van der Waals surface area contributed by atoms with Crippen molar-refractivity contribution in [2.75, 3.05) is 36.9 Å². The molecule has 2 aromatic carbocycles. The number of ether oxygens (including phenoxy) is 1. The molecule has 4 nitrogen and oxygen atoms in total. The lowest BCUT2D eigenvalue weighted by Crippen LogP contribution is -2.36. The van der Waals surface area contributed by atoms with Gasteiger partial charge in [0.25, 0.3) is 0 Å². The second kappa shape index (κ2) is 6.50. The second-order valence-electron chi connectivity index (χ2n) is 5.21. The van der Waals surface area contributed by atoms with Gasteiger partial charge >= 0.3 is 0 Å². The van der Waals surface area contributed by atoms with Crippen molar-refractivity contribution in [3.8, 4) is 0 Å². The number of nitrogens with two attached hydrogens (primary N) is 1. The molecule has 0 amide bonds. The summed E-state index contributed by atoms with van der Waals surface area (Å²) in [6.07, 6.45) is 0. The van der Waals surface area contributed by atoms with Gasteiger partial charge in [0.05, 0.1) is 24.6 Å². The molecule has 2 N–H and O–H groups in total. The molecule has 0 unspecified atom stereocenters. The number of carbonyl (C=O) groups is 1. The quantitative estimate of drug-likeness (QED) is 0.674. The number of hydrogen-bond acceptors (Lipinski definition) is 4. The normalized spacial score (nSPS) is 14.9. The van der Waals surface area contributed by atoms with Gasteiger partial charge in [0.1, 0.15) is 0 Å². The molecular formula is C17H17BrN2O2. The number of morpholine rings is 1. The van der Waals surface area contributed by atoms with Crippen molar-refractivity contribution in [1.82, 2.24) is 0 Å². The second-order valence-corrected chi connectivity index (χ2v) is 6.12. The summed E-state index contributed by atoms with van der Waals surface area (Å²) in [6.45, 7) is 3.06. The van der Waals surface area contributed by atoms with Gasteiger partial charge in [-0.1, -0.05) is 15.9 Å². The first-order valence-electron chi connectivity index (χ1n) is 7.17. The van der Waals surface area contributed by atoms with E-state index in [1.54, 1.807) is 18.2 Å². The summed E-state index contributed by atoms with van der Waals surface area (Å²) in [5.41, 5.74) is 9.01. The average Bonchev–Trinajstić information content (AvgIpc) is 2.55. The predicted octanol–water partition coefficient (Wildman–Crippen LogP) is 3.10. The Morgan fingerprint density at radius 1 is 1.05 bits per heavy atom. The van der Waals surface area contributed by atoms with Gasteiger partial charge in [0.2, 0.25) is 0 Å². The lowest BCUT2D eigenvalue weighted by atomic mass is 10.0. The minimum Gasteiger partial charge on any atom is -0.397 e. The smallest absolute Gasteiger partial charge is 0.193 e. The molecule has 1 saturated heterocycles. The zero-order chi connectivity index (χ0) is 15.5. The molecular weight excluding hydrogens is 344 g/mol. The summed E-state index contributed by atoms with van der Waals surface area (Å²) in [5.74, 6) is -0.0206. The first kappa shape index (κ1) is 15.1. The van der Waals surface area contributed by atoms with Crippen molar-refractivity contribution in [3.63, 3.8) is 0 Å². The lowest BCUT2D eigenvalue weighted by molar-refractivity contribution is 0.103. The van der Waals surface area contributed by atoms with Gasteiger partial charge < -0.3 is 15.4 Å². The van der Waals surface area contributed by atoms with E-state index >= 15 is 0 Å². The molecule has 3 rings (SSSR count). The number of benzene rings is 2. The third-order valence-electron chi connectivity index (χ3n) is 3.75. The van der Waals surface area contributed by atoms with Gasteiger partial charge in [-0.15, -0.1) is 0 Å². The van der Waals surface area contributed by atoms with E-state index in [9.17, 15) is 4.79 Å². The topological polar surface area (TPSA) is 55.6 Å². The van der Waals surface area contributed by atoms with Gasteiger partial charge in [-0.3, -0.25) is 4.79 Å². The van der Waals surface area contributed by atoms with E-state index in [-0.39, 0.29) is 5.78 Å². The summed E-state index contributed by atoms with van der Waals surface area (Å²) >= 11 is 3.37. The molecule has 0 spiro atoms. The van der Waals surface area contributed by atoms with Crippen molar-refractivity contribution in [2.45, 2.75) is 0 Å². The molecule has 0 saturated carbocycles. The van der Waals surface area contributed by atoms with Crippen molar-refractivity contribution in [1.29, 1.82) is 0 Å². The molecule has 1 heterocycles. The number of nitrogen functional groups attached to an aromatic ring is 1. The van der Waals surface area contributed by atoms with E-state index in [4.69, 9.17) is 10.5 Å². The Hall–Kier alpha value is -1.85. The van der Waals surface area contributed by atoms with Crippen molar-refractivity contribution < 1.29 is 9.53 Å². The fourth-order valence-corrected chi connectivity index (χ4v) is 2.82. The minimum absolute atomic E-state index is 0.0206. The molecule has 22 heavy (non-hydrogen) atoms. The maximum atomic E-state index is 12.5. The van der Waals surface area contributed by atoms with Gasteiger partial charge in [0, 0.05) is 28.7 Å². The van der Waals surface area contributed by atoms with E-state index in [0.717, 1.165) is 23.2 Å². The maximum absolute atomic E-state index is 12.5. The van der Waals surface area contributed by atoms with Crippen LogP contribution in [-0.4, -0.2) is 32.1 Å². The third-order valence-corrected chi connectivity index (χ3v) is 4.28. The highest BCUT2D eigenvalue weighted by molar-refractivity contribution is 9.10. The first-order chi connectivity index (χ1) is 10.6. The molecule has 5 heteroatoms. The van der Waals surface area contributed by atoms with Crippen LogP contribution in [0.2, 0.25) is 0 Å². The highest BCUT2D eigenvalue weighted by atomic mass is 79.9. The standard InChI is InChI=1S/C17H17BrN2O2/c18-14-4-1-12(2-5-14)17(21)13-3-6-16(15(19)11-13)20-7-9-22-10-8-20/h1-6,11H,7-10,19H2. The SMILES string of the molecule is Nc1cc(C(=O)c2ccc(Br)cc2)ccc1N1CCOCC1. The molecule has 1 aliphatic heterocycles. The number of carbonyl (C=O) groups excluding carboxylic acids is 1. The van der Waals surface area contributed by atoms with Crippen LogP contribution in [0.4, 0.5) is 11.4 Å². The largest absolute Gasteiger partial charge is 0.397 e. The highest BCUT2D eigenvalue weighted by Gasteiger charge is 2.16.